The van der Waals surface area contributed by atoms with E-state index in [1.165, 1.54) is 0 Å². The third-order valence-electron chi connectivity index (χ3n) is 2.25. The van der Waals surface area contributed by atoms with Crippen molar-refractivity contribution in [3.8, 4) is 0 Å². The second-order valence-electron chi connectivity index (χ2n) is 5.32. The van der Waals surface area contributed by atoms with Gasteiger partial charge in [0.15, 0.2) is 0 Å². The molecule has 0 unspecified atom stereocenters. The Morgan fingerprint density at radius 1 is 0.950 bits per heavy atom. The lowest BCUT2D eigenvalue weighted by Gasteiger charge is -2.41. The molecule has 0 radical (unpaired) electrons. The first kappa shape index (κ1) is 19.7. The number of nitrogens with zero attached hydrogens (tertiary/aromatic N) is 1. The summed E-state index contributed by atoms with van der Waals surface area (Å²) >= 11 is 0. The van der Waals surface area contributed by atoms with Gasteiger partial charge in [-0.3, -0.25) is 0 Å². The van der Waals surface area contributed by atoms with Crippen LogP contribution >= 0.6 is 7.75 Å². The first-order chi connectivity index (χ1) is 8.43. The van der Waals surface area contributed by atoms with Crippen LogP contribution in [0.5, 0.6) is 0 Å². The monoisotopic (exact) mass is 331 g/mol. The summed E-state index contributed by atoms with van der Waals surface area (Å²) in [5.74, 6) is 0. The molecule has 0 aliphatic heterocycles. The van der Waals surface area contributed by atoms with E-state index in [9.17, 15) is 30.9 Å². The van der Waals surface area contributed by atoms with Crippen LogP contribution in [0, 0.1) is 0 Å². The van der Waals surface area contributed by atoms with Gasteiger partial charge in [-0.25, -0.2) is 9.24 Å². The van der Waals surface area contributed by atoms with Crippen LogP contribution in [-0.4, -0.2) is 38.4 Å². The molecule has 0 saturated heterocycles. The molecule has 2 N–H and O–H groups in total. The topological polar surface area (TPSA) is 60.8 Å². The van der Waals surface area contributed by atoms with Gasteiger partial charge in [-0.15, -0.1) is 0 Å². The molecule has 11 heteroatoms. The number of hydrogen-bond donors (Lipinski definition) is 2. The van der Waals surface area contributed by atoms with Gasteiger partial charge in [0.2, 0.25) is 0 Å². The van der Waals surface area contributed by atoms with Crippen molar-refractivity contribution in [2.45, 2.75) is 57.5 Å². The molecule has 0 atom stereocenters. The average molecular weight is 331 g/mol. The molecule has 0 rings (SSSR count). The van der Waals surface area contributed by atoms with Crippen LogP contribution < -0.4 is 0 Å². The van der Waals surface area contributed by atoms with E-state index in [2.05, 4.69) is 0 Å². The fourth-order valence-electron chi connectivity index (χ4n) is 1.93. The quantitative estimate of drug-likeness (QED) is 0.612. The molecule has 20 heavy (non-hydrogen) atoms. The number of rotatable bonds is 4. The molecular weight excluding hydrogens is 315 g/mol. The molecule has 0 aliphatic carbocycles. The predicted octanol–water partition coefficient (Wildman–Crippen LogP) is 3.45. The van der Waals surface area contributed by atoms with Crippen molar-refractivity contribution >= 4 is 7.75 Å². The van der Waals surface area contributed by atoms with Crippen molar-refractivity contribution in [3.05, 3.63) is 0 Å². The Labute approximate surface area is 112 Å². The summed E-state index contributed by atoms with van der Waals surface area (Å²) in [4.78, 5) is 18.2. The smallest absolute Gasteiger partial charge is 0.312 e. The standard InChI is InChI=1S/C9H16F6NO3P/c1-7(2,3)16(20(17,18)19)6(4-8(10,11)12)5-9(13,14)15/h6H,4-5H2,1-3H3,(H2,17,18,19). The minimum Gasteiger partial charge on any atom is -0.312 e. The van der Waals surface area contributed by atoms with Crippen LogP contribution in [0.2, 0.25) is 0 Å². The number of alkyl halides is 6. The van der Waals surface area contributed by atoms with Crippen molar-refractivity contribution in [1.82, 2.24) is 4.67 Å². The van der Waals surface area contributed by atoms with Gasteiger partial charge in [0, 0.05) is 11.6 Å². The maximum absolute atomic E-state index is 12.4. The van der Waals surface area contributed by atoms with Gasteiger partial charge in [0.25, 0.3) is 0 Å². The maximum Gasteiger partial charge on any atom is 0.403 e. The third kappa shape index (κ3) is 7.47. The van der Waals surface area contributed by atoms with Gasteiger partial charge in [0.05, 0.1) is 12.8 Å². The van der Waals surface area contributed by atoms with E-state index in [4.69, 9.17) is 9.79 Å². The van der Waals surface area contributed by atoms with Crippen molar-refractivity contribution in [3.63, 3.8) is 0 Å². The summed E-state index contributed by atoms with van der Waals surface area (Å²) < 4.78 is 85.5. The van der Waals surface area contributed by atoms with Crippen LogP contribution in [0.1, 0.15) is 33.6 Å². The van der Waals surface area contributed by atoms with E-state index in [0.717, 1.165) is 20.8 Å². The second-order valence-corrected chi connectivity index (χ2v) is 6.78. The Morgan fingerprint density at radius 2 is 1.25 bits per heavy atom. The Kier molecular flexibility index (Phi) is 5.73. The van der Waals surface area contributed by atoms with E-state index in [0.29, 0.717) is 0 Å². The van der Waals surface area contributed by atoms with Crippen LogP contribution in [-0.2, 0) is 4.57 Å². The minimum absolute atomic E-state index is 0.0268. The molecule has 122 valence electrons. The normalized spacial score (nSPS) is 15.2. The fourth-order valence-corrected chi connectivity index (χ4v) is 3.30. The SMILES string of the molecule is CC(C)(C)N(C(CC(F)(F)F)CC(F)(F)F)P(=O)(O)O. The summed E-state index contributed by atoms with van der Waals surface area (Å²) in [6, 6.07) is -2.39. The van der Waals surface area contributed by atoms with Gasteiger partial charge in [0.1, 0.15) is 0 Å². The molecule has 0 heterocycles. The van der Waals surface area contributed by atoms with Crippen molar-refractivity contribution in [2.24, 2.45) is 0 Å². The molecule has 0 fully saturated rings. The minimum atomic E-state index is -5.29. The lowest BCUT2D eigenvalue weighted by atomic mass is 10.0. The summed E-state index contributed by atoms with van der Waals surface area (Å²) in [6.45, 7) is 3.39. The Morgan fingerprint density at radius 3 is 1.40 bits per heavy atom. The maximum atomic E-state index is 12.4. The van der Waals surface area contributed by atoms with E-state index >= 15 is 0 Å². The molecule has 0 spiro atoms. The first-order valence-electron chi connectivity index (χ1n) is 5.42. The Hall–Kier alpha value is -0.310. The van der Waals surface area contributed by atoms with E-state index in [-0.39, 0.29) is 4.67 Å². The zero-order valence-electron chi connectivity index (χ0n) is 11.0. The van der Waals surface area contributed by atoms with Gasteiger partial charge in [-0.1, -0.05) is 0 Å². The van der Waals surface area contributed by atoms with Crippen LogP contribution in [0.15, 0.2) is 0 Å². The summed E-state index contributed by atoms with van der Waals surface area (Å²) in [5.41, 5.74) is -1.57. The highest BCUT2D eigenvalue weighted by molar-refractivity contribution is 7.49. The second kappa shape index (κ2) is 5.82. The summed E-state index contributed by atoms with van der Waals surface area (Å²) in [7, 11) is -5.29. The average Bonchev–Trinajstić information content (AvgIpc) is 1.87. The van der Waals surface area contributed by atoms with Gasteiger partial charge in [-0.05, 0) is 20.8 Å². The summed E-state index contributed by atoms with van der Waals surface area (Å²) in [5, 5.41) is 0. The van der Waals surface area contributed by atoms with E-state index in [1.807, 2.05) is 0 Å². The molecule has 0 aromatic rings. The largest absolute Gasteiger partial charge is 0.403 e. The number of halogens is 6. The highest BCUT2D eigenvalue weighted by Gasteiger charge is 2.49. The summed E-state index contributed by atoms with van der Waals surface area (Å²) in [6.07, 6.45) is -13.9. The zero-order chi connectivity index (χ0) is 16.6. The molecule has 0 aliphatic rings. The first-order valence-corrected chi connectivity index (χ1v) is 6.99. The predicted molar refractivity (Wildman–Crippen MR) is 58.8 cm³/mol. The third-order valence-corrected chi connectivity index (χ3v) is 3.74. The molecular formula is C9H16F6NO3P. The molecule has 0 saturated carbocycles. The number of hydrogen-bond acceptors (Lipinski definition) is 1. The highest BCUT2D eigenvalue weighted by atomic mass is 31.2. The van der Waals surface area contributed by atoms with Gasteiger partial charge < -0.3 is 9.79 Å². The van der Waals surface area contributed by atoms with Crippen molar-refractivity contribution < 1.29 is 40.7 Å². The fraction of sp³-hybridized carbons (Fsp3) is 1.00. The van der Waals surface area contributed by atoms with Crippen LogP contribution in [0.4, 0.5) is 26.3 Å². The molecule has 0 aromatic carbocycles. The molecule has 0 amide bonds. The molecule has 0 aromatic heterocycles. The highest BCUT2D eigenvalue weighted by Crippen LogP contribution is 2.50. The lowest BCUT2D eigenvalue weighted by molar-refractivity contribution is -0.175. The molecule has 0 bridgehead atoms. The Bertz CT molecular complexity index is 353. The van der Waals surface area contributed by atoms with E-state index < -0.39 is 44.5 Å². The zero-order valence-corrected chi connectivity index (χ0v) is 11.9. The van der Waals surface area contributed by atoms with Crippen LogP contribution in [0.25, 0.3) is 0 Å². The van der Waals surface area contributed by atoms with Crippen molar-refractivity contribution in [1.29, 1.82) is 0 Å². The van der Waals surface area contributed by atoms with E-state index in [1.54, 1.807) is 0 Å². The van der Waals surface area contributed by atoms with Gasteiger partial charge in [-0.2, -0.15) is 26.3 Å². The van der Waals surface area contributed by atoms with Crippen molar-refractivity contribution in [2.75, 3.05) is 0 Å². The lowest BCUT2D eigenvalue weighted by Crippen LogP contribution is -2.48. The van der Waals surface area contributed by atoms with Crippen LogP contribution in [0.3, 0.4) is 0 Å². The molecule has 4 nitrogen and oxygen atoms in total. The van der Waals surface area contributed by atoms with Gasteiger partial charge >= 0.3 is 20.1 Å². The Balaban J connectivity index is 5.61.